The summed E-state index contributed by atoms with van der Waals surface area (Å²) in [6.07, 6.45) is 1.38. The monoisotopic (exact) mass is 408 g/mol. The van der Waals surface area contributed by atoms with Crippen LogP contribution in [0.3, 0.4) is 0 Å². The van der Waals surface area contributed by atoms with Crippen molar-refractivity contribution in [3.8, 4) is 17.0 Å². The molecule has 2 heterocycles. The highest BCUT2D eigenvalue weighted by Gasteiger charge is 2.59. The summed E-state index contributed by atoms with van der Waals surface area (Å²) in [6, 6.07) is 2.00. The Kier molecular flexibility index (Phi) is 4.78. The molecular weight excluding hydrogens is 396 g/mol. The molecule has 0 bridgehead atoms. The summed E-state index contributed by atoms with van der Waals surface area (Å²) >= 11 is 0. The second kappa shape index (κ2) is 6.65. The molecule has 0 aromatic carbocycles. The number of hydrogen-bond donors (Lipinski definition) is 1. The predicted octanol–water partition coefficient (Wildman–Crippen LogP) is 1.36. The van der Waals surface area contributed by atoms with Crippen molar-refractivity contribution >= 4 is 15.7 Å². The van der Waals surface area contributed by atoms with Gasteiger partial charge in [0, 0.05) is 30.5 Å². The van der Waals surface area contributed by atoms with Crippen LogP contribution in [0.1, 0.15) is 18.2 Å². The lowest BCUT2D eigenvalue weighted by Crippen LogP contribution is -2.70. The lowest BCUT2D eigenvalue weighted by Gasteiger charge is -2.11. The molecular formula is C14H12F4N4O4S. The zero-order chi connectivity index (χ0) is 20.0. The molecule has 0 saturated heterocycles. The van der Waals surface area contributed by atoms with E-state index in [9.17, 15) is 31.2 Å². The number of pyridine rings is 1. The van der Waals surface area contributed by atoms with Gasteiger partial charge in [0.25, 0.3) is 11.7 Å². The molecule has 2 aromatic rings. The first-order valence-electron chi connectivity index (χ1n) is 7.38. The van der Waals surface area contributed by atoms with E-state index in [1.807, 2.05) is 0 Å². The van der Waals surface area contributed by atoms with Gasteiger partial charge in [0.05, 0.1) is 11.6 Å². The Morgan fingerprint density at radius 1 is 1.33 bits per heavy atom. The highest BCUT2D eigenvalue weighted by Crippen LogP contribution is 2.54. The van der Waals surface area contributed by atoms with Crippen molar-refractivity contribution in [3.05, 3.63) is 29.4 Å². The van der Waals surface area contributed by atoms with Crippen LogP contribution in [0.15, 0.2) is 23.4 Å². The van der Waals surface area contributed by atoms with Gasteiger partial charge in [-0.1, -0.05) is 0 Å². The number of nitrogens with zero attached hydrogens (tertiary/aromatic N) is 3. The number of quaternary nitrogens is 1. The van der Waals surface area contributed by atoms with Gasteiger partial charge in [-0.3, -0.25) is 0 Å². The lowest BCUT2D eigenvalue weighted by atomic mass is 10.2. The van der Waals surface area contributed by atoms with Crippen LogP contribution in [-0.2, 0) is 9.84 Å². The molecule has 27 heavy (non-hydrogen) atoms. The number of alkyl halides is 4. The summed E-state index contributed by atoms with van der Waals surface area (Å²) < 4.78 is 79.6. The Labute approximate surface area is 150 Å². The highest BCUT2D eigenvalue weighted by molar-refractivity contribution is 7.90. The zero-order valence-electron chi connectivity index (χ0n) is 13.6. The molecule has 146 valence electrons. The quantitative estimate of drug-likeness (QED) is 0.435. The van der Waals surface area contributed by atoms with Crippen LogP contribution < -0.4 is 10.2 Å². The maximum atomic E-state index is 13.4. The second-order valence-corrected chi connectivity index (χ2v) is 7.81. The minimum absolute atomic E-state index is 0.00577. The van der Waals surface area contributed by atoms with E-state index >= 15 is 0 Å². The van der Waals surface area contributed by atoms with Crippen LogP contribution >= 0.6 is 0 Å². The molecule has 3 rings (SSSR count). The minimum atomic E-state index is -3.86. The Morgan fingerprint density at radius 2 is 2.00 bits per heavy atom. The number of sulfone groups is 1. The van der Waals surface area contributed by atoms with Gasteiger partial charge < -0.3 is 15.4 Å². The third-order valence-corrected chi connectivity index (χ3v) is 4.71. The van der Waals surface area contributed by atoms with E-state index in [2.05, 4.69) is 19.7 Å². The van der Waals surface area contributed by atoms with E-state index in [1.54, 1.807) is 0 Å². The van der Waals surface area contributed by atoms with Gasteiger partial charge >= 0.3 is 6.61 Å². The molecule has 8 nitrogen and oxygen atoms in total. The maximum Gasteiger partial charge on any atom is 0.387 e. The molecule has 0 aliphatic heterocycles. The molecule has 1 atom stereocenters. The number of hydrogen-bond acceptors (Lipinski definition) is 7. The average molecular weight is 408 g/mol. The standard InChI is InChI=1S/C14H12F4N4O4S/c1-27(24,25)10-3-8(20-11(21-10)7-4-14(7,17)18)6-2-9(26-13(15)16)12(22-23)19-5-6/h2-3,5,7,13H,4,22H2,1H3. The molecule has 2 aromatic heterocycles. The van der Waals surface area contributed by atoms with E-state index in [4.69, 9.17) is 0 Å². The molecule has 1 fully saturated rings. The molecule has 1 unspecified atom stereocenters. The third kappa shape index (κ3) is 4.14. The number of nitrogens with two attached hydrogens (primary N) is 1. The third-order valence-electron chi connectivity index (χ3n) is 3.74. The van der Waals surface area contributed by atoms with Crippen molar-refractivity contribution in [3.63, 3.8) is 0 Å². The summed E-state index contributed by atoms with van der Waals surface area (Å²) in [5.41, 5.74) is 0.0560. The van der Waals surface area contributed by atoms with Crippen LogP contribution in [0.4, 0.5) is 23.4 Å². The summed E-state index contributed by atoms with van der Waals surface area (Å²) in [4.78, 5) is 11.3. The van der Waals surface area contributed by atoms with Crippen molar-refractivity contribution in [2.45, 2.75) is 29.9 Å². The van der Waals surface area contributed by atoms with Crippen molar-refractivity contribution in [1.82, 2.24) is 15.0 Å². The first-order valence-corrected chi connectivity index (χ1v) is 9.27. The van der Waals surface area contributed by atoms with Crippen LogP contribution in [0.2, 0.25) is 0 Å². The number of rotatable bonds is 6. The Morgan fingerprint density at radius 3 is 2.52 bits per heavy atom. The fourth-order valence-electron chi connectivity index (χ4n) is 2.30. The average Bonchev–Trinajstić information content (AvgIpc) is 3.21. The largest absolute Gasteiger partial charge is 0.629 e. The zero-order valence-corrected chi connectivity index (χ0v) is 14.4. The topological polar surface area (TPSA) is 122 Å². The van der Waals surface area contributed by atoms with E-state index in [1.165, 1.54) is 0 Å². The summed E-state index contributed by atoms with van der Waals surface area (Å²) in [7, 11) is -3.86. The highest BCUT2D eigenvalue weighted by atomic mass is 32.2. The fraction of sp³-hybridized carbons (Fsp3) is 0.357. The number of aromatic nitrogens is 3. The Bertz CT molecular complexity index is 987. The molecule has 0 spiro atoms. The van der Waals surface area contributed by atoms with E-state index in [0.717, 1.165) is 24.6 Å². The van der Waals surface area contributed by atoms with E-state index < -0.39 is 51.3 Å². The van der Waals surface area contributed by atoms with Crippen molar-refractivity contribution in [1.29, 1.82) is 0 Å². The van der Waals surface area contributed by atoms with Gasteiger partial charge in [0.2, 0.25) is 5.75 Å². The fourth-order valence-corrected chi connectivity index (χ4v) is 2.89. The molecule has 1 aliphatic carbocycles. The molecule has 2 N–H and O–H groups in total. The van der Waals surface area contributed by atoms with Gasteiger partial charge in [-0.25, -0.2) is 32.2 Å². The van der Waals surface area contributed by atoms with Crippen molar-refractivity contribution < 1.29 is 36.2 Å². The molecule has 1 aliphatic rings. The van der Waals surface area contributed by atoms with Crippen LogP contribution in [0, 0.1) is 5.21 Å². The molecule has 13 heteroatoms. The van der Waals surface area contributed by atoms with Gasteiger partial charge in [0.15, 0.2) is 14.9 Å². The maximum absolute atomic E-state index is 13.4. The first-order chi connectivity index (χ1) is 12.5. The SMILES string of the molecule is CS(=O)(=O)c1cc(-c2cnc([NH2+][O-])c(OC(F)F)c2)nc(C2CC2(F)F)n1. The van der Waals surface area contributed by atoms with Crippen LogP contribution in [0.25, 0.3) is 11.3 Å². The van der Waals surface area contributed by atoms with Crippen LogP contribution in [-0.4, -0.2) is 42.2 Å². The normalized spacial score (nSPS) is 18.6. The second-order valence-electron chi connectivity index (χ2n) is 5.84. The van der Waals surface area contributed by atoms with E-state index in [-0.39, 0.29) is 22.6 Å². The van der Waals surface area contributed by atoms with Gasteiger partial charge in [0.1, 0.15) is 5.82 Å². The van der Waals surface area contributed by atoms with Gasteiger partial charge in [-0.15, -0.1) is 0 Å². The number of halogens is 4. The number of ether oxygens (including phenoxy) is 1. The Hall–Kier alpha value is -2.38. The molecule has 0 radical (unpaired) electrons. The molecule has 0 amide bonds. The van der Waals surface area contributed by atoms with E-state index in [0.29, 0.717) is 0 Å². The summed E-state index contributed by atoms with van der Waals surface area (Å²) in [5, 5.41) is 10.4. The smallest absolute Gasteiger partial charge is 0.387 e. The minimum Gasteiger partial charge on any atom is -0.629 e. The lowest BCUT2D eigenvalue weighted by molar-refractivity contribution is -0.502. The predicted molar refractivity (Wildman–Crippen MR) is 82.3 cm³/mol. The summed E-state index contributed by atoms with van der Waals surface area (Å²) in [6.45, 7) is -3.24. The first kappa shape index (κ1) is 19.4. The van der Waals surface area contributed by atoms with Crippen LogP contribution in [0.5, 0.6) is 5.75 Å². The summed E-state index contributed by atoms with van der Waals surface area (Å²) in [5.74, 6) is -5.73. The molecule has 1 saturated carbocycles. The Balaban J connectivity index is 2.12. The van der Waals surface area contributed by atoms with Gasteiger partial charge in [-0.2, -0.15) is 8.78 Å². The van der Waals surface area contributed by atoms with Crippen molar-refractivity contribution in [2.24, 2.45) is 0 Å². The van der Waals surface area contributed by atoms with Gasteiger partial charge in [-0.05, 0) is 6.07 Å². The van der Waals surface area contributed by atoms with Crippen molar-refractivity contribution in [2.75, 3.05) is 6.26 Å².